The first-order valence-corrected chi connectivity index (χ1v) is 20.2. The molecule has 0 saturated heterocycles. The highest BCUT2D eigenvalue weighted by Gasteiger charge is 2.24. The monoisotopic (exact) mass is 733 g/mol. The maximum atomic E-state index is 5.63. The van der Waals surface area contributed by atoms with Crippen LogP contribution in [0.4, 0.5) is 0 Å². The van der Waals surface area contributed by atoms with Crippen LogP contribution in [0.3, 0.4) is 0 Å². The van der Waals surface area contributed by atoms with Gasteiger partial charge in [-0.3, -0.25) is 4.57 Å². The predicted molar refractivity (Wildman–Crippen MR) is 238 cm³/mol. The highest BCUT2D eigenvalue weighted by Crippen LogP contribution is 2.48. The van der Waals surface area contributed by atoms with Crippen molar-refractivity contribution >= 4 is 128 Å². The molecule has 0 radical (unpaired) electrons. The van der Waals surface area contributed by atoms with Crippen molar-refractivity contribution in [2.24, 2.45) is 0 Å². The fraction of sp³-hybridized carbons (Fsp3) is 0. The summed E-state index contributed by atoms with van der Waals surface area (Å²) in [4.78, 5) is 11.2. The average Bonchev–Trinajstić information content (AvgIpc) is 3.93. The Morgan fingerprint density at radius 3 is 1.85 bits per heavy atom. The van der Waals surface area contributed by atoms with Gasteiger partial charge in [0.15, 0.2) is 0 Å². The molecule has 0 aliphatic carbocycles. The summed E-state index contributed by atoms with van der Waals surface area (Å²) in [6.07, 6.45) is 0. The molecular formula is C50H27N3S2. The predicted octanol–water partition coefficient (Wildman–Crippen LogP) is 14.6. The Morgan fingerprint density at radius 2 is 1.02 bits per heavy atom. The fourth-order valence-corrected chi connectivity index (χ4v) is 11.7. The van der Waals surface area contributed by atoms with Crippen molar-refractivity contribution in [1.82, 2.24) is 14.5 Å². The van der Waals surface area contributed by atoms with E-state index in [9.17, 15) is 0 Å². The van der Waals surface area contributed by atoms with E-state index in [1.165, 1.54) is 72.7 Å². The summed E-state index contributed by atoms with van der Waals surface area (Å²) in [5.41, 5.74) is 5.25. The number of hydrogen-bond acceptors (Lipinski definition) is 4. The second-order valence-electron chi connectivity index (χ2n) is 14.5. The molecule has 0 bridgehead atoms. The lowest BCUT2D eigenvalue weighted by Gasteiger charge is -2.14. The third-order valence-electron chi connectivity index (χ3n) is 11.6. The standard InChI is InChI=1S/C50H27N3S2/c1-3-13-31-28(11-1)22-26-39-45(30-23-24-33-36-25-21-29-12-2-4-14-32(29)48(36)55-42(33)27-30)51-50(52-46(31)39)53-40-19-9-7-17-37(40)43-34-15-5-6-16-35(34)44-38-18-8-10-20-41(38)54-49(44)47(43)53/h1-27H. The smallest absolute Gasteiger partial charge is 0.235 e. The first-order valence-electron chi connectivity index (χ1n) is 18.6. The molecule has 0 N–H and O–H groups in total. The topological polar surface area (TPSA) is 30.7 Å². The molecule has 13 aromatic rings. The molecule has 4 heterocycles. The first kappa shape index (κ1) is 29.8. The average molecular weight is 734 g/mol. The van der Waals surface area contributed by atoms with Gasteiger partial charge in [0, 0.05) is 62.8 Å². The lowest BCUT2D eigenvalue weighted by atomic mass is 9.99. The minimum Gasteiger partial charge on any atom is -0.276 e. The van der Waals surface area contributed by atoms with E-state index in [0.29, 0.717) is 5.95 Å². The summed E-state index contributed by atoms with van der Waals surface area (Å²) in [5.74, 6) is 0.682. The third kappa shape index (κ3) is 4.03. The first-order chi connectivity index (χ1) is 27.3. The van der Waals surface area contributed by atoms with Crippen molar-refractivity contribution in [3.63, 3.8) is 0 Å². The normalized spacial score (nSPS) is 12.4. The minimum absolute atomic E-state index is 0.682. The van der Waals surface area contributed by atoms with Gasteiger partial charge >= 0.3 is 0 Å². The van der Waals surface area contributed by atoms with Gasteiger partial charge in [0.2, 0.25) is 5.95 Å². The zero-order valence-electron chi connectivity index (χ0n) is 29.2. The van der Waals surface area contributed by atoms with E-state index in [1.807, 2.05) is 22.7 Å². The van der Waals surface area contributed by atoms with Gasteiger partial charge in [-0.25, -0.2) is 9.97 Å². The van der Waals surface area contributed by atoms with Crippen molar-refractivity contribution in [3.05, 3.63) is 164 Å². The Balaban J connectivity index is 1.19. The van der Waals surface area contributed by atoms with Crippen LogP contribution in [0.25, 0.3) is 123 Å². The molecule has 0 aliphatic rings. The van der Waals surface area contributed by atoms with Crippen molar-refractivity contribution in [2.45, 2.75) is 0 Å². The zero-order valence-corrected chi connectivity index (χ0v) is 30.9. The van der Waals surface area contributed by atoms with Gasteiger partial charge in [0.25, 0.3) is 0 Å². The summed E-state index contributed by atoms with van der Waals surface area (Å²) in [6, 6.07) is 59.6. The molecule has 0 unspecified atom stereocenters. The maximum Gasteiger partial charge on any atom is 0.235 e. The van der Waals surface area contributed by atoms with Gasteiger partial charge < -0.3 is 0 Å². The molecule has 0 amide bonds. The summed E-state index contributed by atoms with van der Waals surface area (Å²) < 4.78 is 7.47. The number of rotatable bonds is 2. The molecule has 0 aliphatic heterocycles. The van der Waals surface area contributed by atoms with E-state index < -0.39 is 0 Å². The number of benzene rings is 9. The number of thiophene rings is 2. The van der Waals surface area contributed by atoms with E-state index in [2.05, 4.69) is 168 Å². The van der Waals surface area contributed by atoms with Crippen LogP contribution >= 0.6 is 22.7 Å². The minimum atomic E-state index is 0.682. The van der Waals surface area contributed by atoms with Gasteiger partial charge in [-0.1, -0.05) is 140 Å². The van der Waals surface area contributed by atoms with Crippen LogP contribution in [0.15, 0.2) is 164 Å². The lowest BCUT2D eigenvalue weighted by molar-refractivity contribution is 1.02. The summed E-state index contributed by atoms with van der Waals surface area (Å²) in [5, 5.41) is 16.0. The Bertz CT molecular complexity index is 3790. The van der Waals surface area contributed by atoms with Crippen molar-refractivity contribution in [1.29, 1.82) is 0 Å². The Morgan fingerprint density at radius 1 is 0.400 bits per heavy atom. The summed E-state index contributed by atoms with van der Waals surface area (Å²) in [6.45, 7) is 0. The van der Waals surface area contributed by atoms with Gasteiger partial charge in [-0.2, -0.15) is 0 Å². The fourth-order valence-electron chi connectivity index (χ4n) is 9.16. The van der Waals surface area contributed by atoms with Crippen LogP contribution in [0.2, 0.25) is 0 Å². The molecule has 9 aromatic carbocycles. The Labute approximate surface area is 322 Å². The lowest BCUT2D eigenvalue weighted by Crippen LogP contribution is -2.04. The van der Waals surface area contributed by atoms with Crippen molar-refractivity contribution < 1.29 is 0 Å². The Kier molecular flexibility index (Phi) is 5.93. The number of aromatic nitrogens is 3. The van der Waals surface area contributed by atoms with Crippen molar-refractivity contribution in [3.8, 4) is 17.2 Å². The second-order valence-corrected chi connectivity index (χ2v) is 16.6. The maximum absolute atomic E-state index is 5.63. The van der Waals surface area contributed by atoms with E-state index in [0.717, 1.165) is 44.0 Å². The van der Waals surface area contributed by atoms with Gasteiger partial charge in [0.05, 0.1) is 26.9 Å². The largest absolute Gasteiger partial charge is 0.276 e. The molecule has 0 atom stereocenters. The van der Waals surface area contributed by atoms with Crippen LogP contribution in [0.1, 0.15) is 0 Å². The molecule has 13 rings (SSSR count). The van der Waals surface area contributed by atoms with Gasteiger partial charge in [-0.05, 0) is 51.2 Å². The SMILES string of the molecule is c1ccc2c(c1)ccc1c(-c3ccc4c(c3)sc3c5ccccc5ccc43)nc(-n3c4ccccc4c4c5ccccc5c5c6ccccc6sc5c43)nc12. The van der Waals surface area contributed by atoms with E-state index in [1.54, 1.807) is 0 Å². The Hall–Kier alpha value is -6.66. The van der Waals surface area contributed by atoms with Crippen LogP contribution in [-0.2, 0) is 0 Å². The molecule has 3 nitrogen and oxygen atoms in total. The highest BCUT2D eigenvalue weighted by molar-refractivity contribution is 7.27. The molecule has 0 saturated carbocycles. The van der Waals surface area contributed by atoms with Crippen LogP contribution in [0, 0.1) is 0 Å². The van der Waals surface area contributed by atoms with Gasteiger partial charge in [-0.15, -0.1) is 22.7 Å². The quantitative estimate of drug-likeness (QED) is 0.166. The summed E-state index contributed by atoms with van der Waals surface area (Å²) >= 11 is 3.74. The molecule has 254 valence electrons. The van der Waals surface area contributed by atoms with Crippen LogP contribution < -0.4 is 0 Å². The molecule has 4 aromatic heterocycles. The molecule has 0 fully saturated rings. The van der Waals surface area contributed by atoms with Gasteiger partial charge in [0.1, 0.15) is 0 Å². The third-order valence-corrected chi connectivity index (χ3v) is 13.9. The van der Waals surface area contributed by atoms with E-state index >= 15 is 0 Å². The number of hydrogen-bond donors (Lipinski definition) is 0. The summed E-state index contributed by atoms with van der Waals surface area (Å²) in [7, 11) is 0. The zero-order chi connectivity index (χ0) is 35.8. The highest BCUT2D eigenvalue weighted by atomic mass is 32.1. The molecular weight excluding hydrogens is 707 g/mol. The molecule has 0 spiro atoms. The number of para-hydroxylation sites is 1. The molecule has 55 heavy (non-hydrogen) atoms. The second kappa shape index (κ2) is 11.0. The van der Waals surface area contributed by atoms with E-state index in [4.69, 9.17) is 9.97 Å². The van der Waals surface area contributed by atoms with Crippen LogP contribution in [-0.4, -0.2) is 14.5 Å². The van der Waals surface area contributed by atoms with Crippen molar-refractivity contribution in [2.75, 3.05) is 0 Å². The van der Waals surface area contributed by atoms with E-state index in [-0.39, 0.29) is 0 Å². The van der Waals surface area contributed by atoms with Crippen LogP contribution in [0.5, 0.6) is 0 Å². The number of fused-ring (bicyclic) bond motifs is 18. The molecule has 5 heteroatoms. The number of nitrogens with zero attached hydrogens (tertiary/aromatic N) is 3.